The van der Waals surface area contributed by atoms with Crippen LogP contribution in [0.1, 0.15) is 0 Å². The molecule has 9 nitrogen and oxygen atoms in total. The van der Waals surface area contributed by atoms with Gasteiger partial charge < -0.3 is 19.0 Å². The van der Waals surface area contributed by atoms with E-state index >= 15 is 0 Å². The normalized spacial score (nSPS) is 14.0. The summed E-state index contributed by atoms with van der Waals surface area (Å²) >= 11 is 5.88. The Balaban J connectivity index is 1.36. The number of nitro groups is 1. The molecule has 0 spiro atoms. The van der Waals surface area contributed by atoms with E-state index in [0.717, 1.165) is 5.39 Å². The van der Waals surface area contributed by atoms with Crippen LogP contribution in [0, 0.1) is 10.1 Å². The van der Waals surface area contributed by atoms with Crippen molar-refractivity contribution in [3.05, 3.63) is 74.1 Å². The van der Waals surface area contributed by atoms with E-state index in [0.29, 0.717) is 48.2 Å². The number of hydrogen-bond acceptors (Lipinski definition) is 7. The van der Waals surface area contributed by atoms with Crippen LogP contribution in [0.15, 0.2) is 57.7 Å². The van der Waals surface area contributed by atoms with Gasteiger partial charge in [-0.3, -0.25) is 14.9 Å². The molecular formula is C21H18ClN3O6. The van der Waals surface area contributed by atoms with Gasteiger partial charge in [-0.1, -0.05) is 11.6 Å². The lowest BCUT2D eigenvalue weighted by Gasteiger charge is -2.35. The zero-order valence-corrected chi connectivity index (χ0v) is 17.1. The third-order valence-corrected chi connectivity index (χ3v) is 5.30. The number of anilines is 1. The molecule has 0 aliphatic carbocycles. The smallest absolute Gasteiger partial charge is 0.336 e. The van der Waals surface area contributed by atoms with Crippen molar-refractivity contribution >= 4 is 39.9 Å². The van der Waals surface area contributed by atoms with Crippen molar-refractivity contribution in [1.29, 1.82) is 0 Å². The lowest BCUT2D eigenvalue weighted by molar-refractivity contribution is -0.384. The third kappa shape index (κ3) is 4.61. The summed E-state index contributed by atoms with van der Waals surface area (Å²) < 4.78 is 10.7. The number of nitro benzene ring substituents is 1. The van der Waals surface area contributed by atoms with Crippen LogP contribution in [0.3, 0.4) is 0 Å². The molecule has 0 N–H and O–H groups in total. The SMILES string of the molecule is O=C(COc1ccc2ccc(=O)oc2c1)N1CCN(c2ccc(Cl)cc2[N+](=O)[O-])CC1. The van der Waals surface area contributed by atoms with Crippen LogP contribution >= 0.6 is 11.6 Å². The Hall–Kier alpha value is -3.59. The summed E-state index contributed by atoms with van der Waals surface area (Å²) in [6, 6.07) is 12.6. The highest BCUT2D eigenvalue weighted by molar-refractivity contribution is 6.30. The summed E-state index contributed by atoms with van der Waals surface area (Å²) in [5, 5.41) is 12.4. The Labute approximate surface area is 181 Å². The van der Waals surface area contributed by atoms with Crippen molar-refractivity contribution in [1.82, 2.24) is 4.90 Å². The fourth-order valence-electron chi connectivity index (χ4n) is 3.47. The van der Waals surface area contributed by atoms with E-state index in [4.69, 9.17) is 20.8 Å². The molecule has 1 aliphatic heterocycles. The van der Waals surface area contributed by atoms with Gasteiger partial charge >= 0.3 is 5.63 Å². The summed E-state index contributed by atoms with van der Waals surface area (Å²) in [6.07, 6.45) is 0. The zero-order valence-electron chi connectivity index (χ0n) is 16.3. The second-order valence-electron chi connectivity index (χ2n) is 7.00. The minimum atomic E-state index is -0.460. The van der Waals surface area contributed by atoms with Crippen molar-refractivity contribution in [2.45, 2.75) is 0 Å². The summed E-state index contributed by atoms with van der Waals surface area (Å²) in [4.78, 5) is 38.3. The molecule has 3 aromatic rings. The summed E-state index contributed by atoms with van der Waals surface area (Å²) in [7, 11) is 0. The molecule has 0 saturated carbocycles. The average molecular weight is 444 g/mol. The molecule has 1 fully saturated rings. The summed E-state index contributed by atoms with van der Waals surface area (Å²) in [5.74, 6) is 0.227. The molecular weight excluding hydrogens is 426 g/mol. The zero-order chi connectivity index (χ0) is 22.0. The van der Waals surface area contributed by atoms with Gasteiger partial charge in [0.05, 0.1) is 4.92 Å². The Bertz CT molecular complexity index is 1200. The van der Waals surface area contributed by atoms with E-state index in [1.165, 1.54) is 12.1 Å². The fourth-order valence-corrected chi connectivity index (χ4v) is 3.64. The standard InChI is InChI=1S/C21H18ClN3O6/c22-15-3-5-17(18(11-15)25(28)29)23-7-9-24(10-8-23)20(26)13-30-16-4-1-14-2-6-21(27)31-19(14)12-16/h1-6,11-12H,7-10,13H2. The van der Waals surface area contributed by atoms with Gasteiger partial charge in [0.1, 0.15) is 17.0 Å². The van der Waals surface area contributed by atoms with Gasteiger partial charge in [0.2, 0.25) is 0 Å². The largest absolute Gasteiger partial charge is 0.484 e. The number of ether oxygens (including phenoxy) is 1. The molecule has 10 heteroatoms. The van der Waals surface area contributed by atoms with Crippen molar-refractivity contribution in [2.75, 3.05) is 37.7 Å². The molecule has 1 amide bonds. The van der Waals surface area contributed by atoms with Crippen LogP contribution in [0.2, 0.25) is 5.02 Å². The van der Waals surface area contributed by atoms with Crippen LogP contribution in [-0.2, 0) is 4.79 Å². The van der Waals surface area contributed by atoms with Gasteiger partial charge in [0.25, 0.3) is 11.6 Å². The first-order chi connectivity index (χ1) is 14.9. The van der Waals surface area contributed by atoms with Gasteiger partial charge in [-0.05, 0) is 30.3 Å². The highest BCUT2D eigenvalue weighted by atomic mass is 35.5. The molecule has 1 aromatic heterocycles. The second-order valence-corrected chi connectivity index (χ2v) is 7.44. The highest BCUT2D eigenvalue weighted by Crippen LogP contribution is 2.31. The molecule has 2 aromatic carbocycles. The van der Waals surface area contributed by atoms with Crippen molar-refractivity contribution < 1.29 is 18.9 Å². The summed E-state index contributed by atoms with van der Waals surface area (Å²) in [6.45, 7) is 1.57. The van der Waals surface area contributed by atoms with Crippen molar-refractivity contribution in [3.63, 3.8) is 0 Å². The second kappa shape index (κ2) is 8.65. The summed E-state index contributed by atoms with van der Waals surface area (Å²) in [5.41, 5.74) is 0.351. The van der Waals surface area contributed by atoms with Gasteiger partial charge in [-0.2, -0.15) is 0 Å². The van der Waals surface area contributed by atoms with Crippen LogP contribution in [0.25, 0.3) is 11.0 Å². The number of halogens is 1. The predicted molar refractivity (Wildman–Crippen MR) is 115 cm³/mol. The molecule has 31 heavy (non-hydrogen) atoms. The first-order valence-corrected chi connectivity index (χ1v) is 9.92. The molecule has 160 valence electrons. The number of fused-ring (bicyclic) bond motifs is 1. The number of carbonyl (C=O) groups is 1. The molecule has 0 radical (unpaired) electrons. The molecule has 2 heterocycles. The van der Waals surface area contributed by atoms with Crippen molar-refractivity contribution in [3.8, 4) is 5.75 Å². The Kier molecular flexibility index (Phi) is 5.77. The number of rotatable bonds is 5. The molecule has 0 unspecified atom stereocenters. The molecule has 0 atom stereocenters. The topological polar surface area (TPSA) is 106 Å². The molecule has 4 rings (SSSR count). The quantitative estimate of drug-likeness (QED) is 0.339. The number of benzene rings is 2. The Morgan fingerprint density at radius 2 is 1.84 bits per heavy atom. The maximum atomic E-state index is 12.5. The minimum Gasteiger partial charge on any atom is -0.484 e. The van der Waals surface area contributed by atoms with Crippen molar-refractivity contribution in [2.24, 2.45) is 0 Å². The van der Waals surface area contributed by atoms with Crippen LogP contribution in [-0.4, -0.2) is 48.5 Å². The first kappa shape index (κ1) is 20.7. The van der Waals surface area contributed by atoms with E-state index in [1.54, 1.807) is 41.3 Å². The number of nitrogens with zero attached hydrogens (tertiary/aromatic N) is 3. The fraction of sp³-hybridized carbons (Fsp3) is 0.238. The molecule has 0 bridgehead atoms. The van der Waals surface area contributed by atoms with Gasteiger partial charge in [-0.15, -0.1) is 0 Å². The Morgan fingerprint density at radius 1 is 1.10 bits per heavy atom. The highest BCUT2D eigenvalue weighted by Gasteiger charge is 2.26. The first-order valence-electron chi connectivity index (χ1n) is 9.54. The lowest BCUT2D eigenvalue weighted by atomic mass is 10.2. The molecule has 1 aliphatic rings. The predicted octanol–water partition coefficient (Wildman–Crippen LogP) is 3.08. The number of amides is 1. The van der Waals surface area contributed by atoms with Gasteiger partial charge in [0, 0.05) is 54.8 Å². The van der Waals surface area contributed by atoms with E-state index < -0.39 is 10.5 Å². The van der Waals surface area contributed by atoms with E-state index in [-0.39, 0.29) is 18.2 Å². The number of carbonyl (C=O) groups excluding carboxylic acids is 1. The van der Waals surface area contributed by atoms with E-state index in [1.807, 2.05) is 4.90 Å². The number of hydrogen-bond donors (Lipinski definition) is 0. The maximum Gasteiger partial charge on any atom is 0.336 e. The van der Waals surface area contributed by atoms with Gasteiger partial charge in [-0.25, -0.2) is 4.79 Å². The van der Waals surface area contributed by atoms with Gasteiger partial charge in [0.15, 0.2) is 6.61 Å². The average Bonchev–Trinajstić information content (AvgIpc) is 2.77. The van der Waals surface area contributed by atoms with Crippen LogP contribution in [0.5, 0.6) is 5.75 Å². The van der Waals surface area contributed by atoms with Crippen LogP contribution in [0.4, 0.5) is 11.4 Å². The van der Waals surface area contributed by atoms with Crippen LogP contribution < -0.4 is 15.3 Å². The van der Waals surface area contributed by atoms with E-state index in [2.05, 4.69) is 0 Å². The Morgan fingerprint density at radius 3 is 2.58 bits per heavy atom. The number of piperazine rings is 1. The maximum absolute atomic E-state index is 12.5. The lowest BCUT2D eigenvalue weighted by Crippen LogP contribution is -2.50. The minimum absolute atomic E-state index is 0.0569. The molecule has 1 saturated heterocycles. The monoisotopic (exact) mass is 443 g/mol. The van der Waals surface area contributed by atoms with E-state index in [9.17, 15) is 19.7 Å². The third-order valence-electron chi connectivity index (χ3n) is 5.06.